The second-order valence-corrected chi connectivity index (χ2v) is 9.03. The van der Waals surface area contributed by atoms with Crippen molar-refractivity contribution < 1.29 is 18.0 Å². The fraction of sp³-hybridized carbons (Fsp3) is 0.556. The van der Waals surface area contributed by atoms with Gasteiger partial charge in [0.05, 0.1) is 5.75 Å². The Hall–Kier alpha value is -1.93. The van der Waals surface area contributed by atoms with Gasteiger partial charge in [0.15, 0.2) is 0 Å². The van der Waals surface area contributed by atoms with Crippen LogP contribution in [0.15, 0.2) is 24.3 Å². The van der Waals surface area contributed by atoms with Crippen LogP contribution in [0.4, 0.5) is 5.69 Å². The summed E-state index contributed by atoms with van der Waals surface area (Å²) in [4.78, 5) is 24.3. The van der Waals surface area contributed by atoms with Crippen LogP contribution in [0.1, 0.15) is 44.0 Å². The van der Waals surface area contributed by atoms with E-state index in [0.717, 1.165) is 0 Å². The minimum absolute atomic E-state index is 0.0595. The zero-order chi connectivity index (χ0) is 19.3. The molecule has 0 atom stereocenters. The quantitative estimate of drug-likeness (QED) is 0.786. The van der Waals surface area contributed by atoms with Gasteiger partial charge in [-0.25, -0.2) is 12.7 Å². The van der Waals surface area contributed by atoms with Crippen molar-refractivity contribution in [2.24, 2.45) is 5.92 Å². The predicted molar refractivity (Wildman–Crippen MR) is 101 cm³/mol. The highest BCUT2D eigenvalue weighted by Gasteiger charge is 2.30. The number of nitrogens with one attached hydrogen (secondary N) is 2. The first-order valence-electron chi connectivity index (χ1n) is 8.92. The molecule has 8 heteroatoms. The number of nitrogens with zero attached hydrogens (tertiary/aromatic N) is 1. The maximum Gasteiger partial charge on any atom is 0.251 e. The molecule has 144 valence electrons. The van der Waals surface area contributed by atoms with E-state index in [2.05, 4.69) is 10.6 Å². The summed E-state index contributed by atoms with van der Waals surface area (Å²) in [6.07, 6.45) is 1.03. The molecule has 2 N–H and O–H groups in total. The summed E-state index contributed by atoms with van der Waals surface area (Å²) in [5.74, 6) is -0.386. The summed E-state index contributed by atoms with van der Waals surface area (Å²) < 4.78 is 25.2. The fourth-order valence-electron chi connectivity index (χ4n) is 2.87. The molecular formula is C18H27N3O4S. The first-order valence-corrected chi connectivity index (χ1v) is 10.5. The molecule has 0 unspecified atom stereocenters. The second kappa shape index (κ2) is 8.64. The number of carbonyl (C=O) groups excluding carboxylic acids is 2. The molecule has 0 radical (unpaired) electrons. The number of amides is 2. The summed E-state index contributed by atoms with van der Waals surface area (Å²) in [7, 11) is -3.19. The van der Waals surface area contributed by atoms with Crippen LogP contribution < -0.4 is 10.6 Å². The van der Waals surface area contributed by atoms with Gasteiger partial charge >= 0.3 is 0 Å². The highest BCUT2D eigenvalue weighted by Crippen LogP contribution is 2.22. The maximum atomic E-state index is 12.4. The molecule has 1 fully saturated rings. The van der Waals surface area contributed by atoms with E-state index in [1.54, 1.807) is 31.2 Å². The van der Waals surface area contributed by atoms with Crippen molar-refractivity contribution in [3.63, 3.8) is 0 Å². The van der Waals surface area contributed by atoms with Gasteiger partial charge in [0.25, 0.3) is 5.91 Å². The molecule has 2 amide bonds. The maximum absolute atomic E-state index is 12.4. The molecule has 1 aliphatic heterocycles. The number of sulfonamides is 1. The first-order chi connectivity index (χ1) is 12.2. The summed E-state index contributed by atoms with van der Waals surface area (Å²) in [6.45, 7) is 6.16. The number of benzene rings is 1. The van der Waals surface area contributed by atoms with Gasteiger partial charge in [-0.2, -0.15) is 0 Å². The number of hydrogen-bond acceptors (Lipinski definition) is 4. The highest BCUT2D eigenvalue weighted by atomic mass is 32.2. The van der Waals surface area contributed by atoms with Crippen LogP contribution >= 0.6 is 0 Å². The Morgan fingerprint density at radius 1 is 1.15 bits per heavy atom. The number of rotatable bonds is 6. The van der Waals surface area contributed by atoms with E-state index < -0.39 is 10.0 Å². The third kappa shape index (κ3) is 5.28. The summed E-state index contributed by atoms with van der Waals surface area (Å²) in [5, 5.41) is 5.66. The van der Waals surface area contributed by atoms with Crippen LogP contribution in [-0.4, -0.2) is 49.4 Å². The van der Waals surface area contributed by atoms with Crippen molar-refractivity contribution in [2.75, 3.05) is 24.2 Å². The minimum Gasteiger partial charge on any atom is -0.350 e. The van der Waals surface area contributed by atoms with Crippen LogP contribution in [0.5, 0.6) is 0 Å². The largest absolute Gasteiger partial charge is 0.350 e. The van der Waals surface area contributed by atoms with E-state index >= 15 is 0 Å². The van der Waals surface area contributed by atoms with E-state index in [1.807, 2.05) is 13.8 Å². The lowest BCUT2D eigenvalue weighted by Crippen LogP contribution is -2.42. The molecule has 1 aromatic rings. The van der Waals surface area contributed by atoms with Crippen molar-refractivity contribution >= 4 is 27.5 Å². The molecule has 0 bridgehead atoms. The van der Waals surface area contributed by atoms with E-state index in [0.29, 0.717) is 37.2 Å². The van der Waals surface area contributed by atoms with Crippen molar-refractivity contribution in [3.8, 4) is 0 Å². The van der Waals surface area contributed by atoms with Gasteiger partial charge in [0, 0.05) is 36.3 Å². The Kier molecular flexibility index (Phi) is 6.77. The van der Waals surface area contributed by atoms with E-state index in [4.69, 9.17) is 0 Å². The molecule has 0 aromatic heterocycles. The molecule has 7 nitrogen and oxygen atoms in total. The predicted octanol–water partition coefficient (Wildman–Crippen LogP) is 1.82. The number of anilines is 1. The molecule has 2 rings (SSSR count). The standard InChI is InChI=1S/C18H27N3O4S/c1-4-26(24,25)21-11-9-15(10-12-21)18(23)20-16-7-5-14(6-8-16)17(22)19-13(2)3/h5-8,13,15H,4,9-12H2,1-3H3,(H,19,22)(H,20,23). The smallest absolute Gasteiger partial charge is 0.251 e. The molecule has 26 heavy (non-hydrogen) atoms. The number of hydrogen-bond donors (Lipinski definition) is 2. The van der Waals surface area contributed by atoms with Gasteiger partial charge < -0.3 is 10.6 Å². The lowest BCUT2D eigenvalue weighted by Gasteiger charge is -2.30. The third-order valence-electron chi connectivity index (χ3n) is 4.42. The number of carbonyl (C=O) groups is 2. The molecule has 1 aliphatic rings. The fourth-order valence-corrected chi connectivity index (χ4v) is 4.01. The zero-order valence-corrected chi connectivity index (χ0v) is 16.3. The Morgan fingerprint density at radius 2 is 1.73 bits per heavy atom. The molecule has 0 aliphatic carbocycles. The first kappa shape index (κ1) is 20.4. The molecule has 1 saturated heterocycles. The summed E-state index contributed by atoms with van der Waals surface area (Å²) >= 11 is 0. The average molecular weight is 381 g/mol. The second-order valence-electron chi connectivity index (χ2n) is 6.77. The molecule has 1 aromatic carbocycles. The third-order valence-corrected chi connectivity index (χ3v) is 6.30. The van der Waals surface area contributed by atoms with Gasteiger partial charge in [0.2, 0.25) is 15.9 Å². The van der Waals surface area contributed by atoms with Crippen LogP contribution in [-0.2, 0) is 14.8 Å². The van der Waals surface area contributed by atoms with Crippen molar-refractivity contribution in [3.05, 3.63) is 29.8 Å². The lowest BCUT2D eigenvalue weighted by molar-refractivity contribution is -0.120. The van der Waals surface area contributed by atoms with E-state index in [-0.39, 0.29) is 29.5 Å². The van der Waals surface area contributed by atoms with E-state index in [9.17, 15) is 18.0 Å². The van der Waals surface area contributed by atoms with Gasteiger partial charge in [0.1, 0.15) is 0 Å². The van der Waals surface area contributed by atoms with Gasteiger partial charge in [-0.3, -0.25) is 9.59 Å². The Bertz CT molecular complexity index is 736. The SMILES string of the molecule is CCS(=O)(=O)N1CCC(C(=O)Nc2ccc(C(=O)NC(C)C)cc2)CC1. The summed E-state index contributed by atoms with van der Waals surface area (Å²) in [5.41, 5.74) is 1.16. The van der Waals surface area contributed by atoms with Crippen LogP contribution in [0.25, 0.3) is 0 Å². The van der Waals surface area contributed by atoms with Gasteiger partial charge in [-0.05, 0) is 57.9 Å². The molecule has 1 heterocycles. The van der Waals surface area contributed by atoms with Crippen molar-refractivity contribution in [1.29, 1.82) is 0 Å². The van der Waals surface area contributed by atoms with Crippen LogP contribution in [0.2, 0.25) is 0 Å². The molecule has 0 spiro atoms. The highest BCUT2D eigenvalue weighted by molar-refractivity contribution is 7.89. The topological polar surface area (TPSA) is 95.6 Å². The Balaban J connectivity index is 1.89. The van der Waals surface area contributed by atoms with Gasteiger partial charge in [-0.1, -0.05) is 0 Å². The van der Waals surface area contributed by atoms with Gasteiger partial charge in [-0.15, -0.1) is 0 Å². The van der Waals surface area contributed by atoms with Crippen LogP contribution in [0.3, 0.4) is 0 Å². The summed E-state index contributed by atoms with van der Waals surface area (Å²) in [6, 6.07) is 6.80. The monoisotopic (exact) mass is 381 g/mol. The van der Waals surface area contributed by atoms with Crippen molar-refractivity contribution in [2.45, 2.75) is 39.7 Å². The Morgan fingerprint density at radius 3 is 2.23 bits per heavy atom. The molecular weight excluding hydrogens is 354 g/mol. The number of piperidine rings is 1. The molecule has 0 saturated carbocycles. The van der Waals surface area contributed by atoms with E-state index in [1.165, 1.54) is 4.31 Å². The Labute approximate surface area is 155 Å². The minimum atomic E-state index is -3.19. The lowest BCUT2D eigenvalue weighted by atomic mass is 9.97. The van der Waals surface area contributed by atoms with Crippen LogP contribution in [0, 0.1) is 5.92 Å². The average Bonchev–Trinajstić information content (AvgIpc) is 2.61. The van der Waals surface area contributed by atoms with Crippen molar-refractivity contribution in [1.82, 2.24) is 9.62 Å². The normalized spacial score (nSPS) is 16.5. The zero-order valence-electron chi connectivity index (χ0n) is 15.5.